The first-order valence-corrected chi connectivity index (χ1v) is 8.03. The van der Waals surface area contributed by atoms with Crippen LogP contribution in [0.15, 0.2) is 24.3 Å². The Labute approximate surface area is 130 Å². The van der Waals surface area contributed by atoms with Crippen molar-refractivity contribution in [3.8, 4) is 0 Å². The van der Waals surface area contributed by atoms with Gasteiger partial charge in [0.15, 0.2) is 0 Å². The highest BCUT2D eigenvalue weighted by Gasteiger charge is 2.32. The number of para-hydroxylation sites is 2. The van der Waals surface area contributed by atoms with Crippen molar-refractivity contribution in [2.24, 2.45) is 24.6 Å². The summed E-state index contributed by atoms with van der Waals surface area (Å²) in [6, 6.07) is 7.91. The van der Waals surface area contributed by atoms with Crippen LogP contribution in [0.2, 0.25) is 0 Å². The highest BCUT2D eigenvalue weighted by Crippen LogP contribution is 2.31. The molecule has 0 aliphatic heterocycles. The van der Waals surface area contributed by atoms with E-state index in [1.54, 1.807) is 0 Å². The first-order valence-electron chi connectivity index (χ1n) is 8.03. The van der Waals surface area contributed by atoms with E-state index in [0.717, 1.165) is 36.1 Å². The molecule has 1 amide bonds. The number of fused-ring (bicyclic) bond motifs is 1. The van der Waals surface area contributed by atoms with Crippen LogP contribution in [0.5, 0.6) is 0 Å². The van der Waals surface area contributed by atoms with Gasteiger partial charge >= 0.3 is 0 Å². The molecule has 3 atom stereocenters. The number of hydrogen-bond donors (Lipinski definition) is 2. The van der Waals surface area contributed by atoms with Crippen molar-refractivity contribution < 1.29 is 4.79 Å². The fraction of sp³-hybridized carbons (Fsp3) is 0.529. The smallest absolute Gasteiger partial charge is 0.224 e. The third-order valence-corrected chi connectivity index (χ3v) is 4.87. The molecule has 0 spiro atoms. The average molecular weight is 300 g/mol. The molecule has 1 heterocycles. The van der Waals surface area contributed by atoms with Gasteiger partial charge in [-0.1, -0.05) is 18.6 Å². The van der Waals surface area contributed by atoms with Crippen LogP contribution in [-0.2, 0) is 11.8 Å². The lowest BCUT2D eigenvalue weighted by Crippen LogP contribution is -2.37. The molecule has 3 rings (SSSR count). The normalized spacial score (nSPS) is 22.9. The van der Waals surface area contributed by atoms with Gasteiger partial charge in [-0.3, -0.25) is 4.79 Å². The van der Waals surface area contributed by atoms with Crippen LogP contribution >= 0.6 is 0 Å². The number of hydrogen-bond acceptors (Lipinski definition) is 3. The minimum Gasteiger partial charge on any atom is -0.346 e. The first kappa shape index (κ1) is 15.0. The number of aryl methyl sites for hydroxylation is 1. The molecule has 5 heteroatoms. The van der Waals surface area contributed by atoms with Gasteiger partial charge < -0.3 is 15.6 Å². The summed E-state index contributed by atoms with van der Waals surface area (Å²) in [5.74, 6) is 1.39. The second kappa shape index (κ2) is 6.08. The number of imidazole rings is 1. The van der Waals surface area contributed by atoms with Crippen LogP contribution in [0.4, 0.5) is 0 Å². The number of rotatable bonds is 4. The average Bonchev–Trinajstić information content (AvgIpc) is 3.12. The summed E-state index contributed by atoms with van der Waals surface area (Å²) in [5, 5.41) is 3.13. The van der Waals surface area contributed by atoms with Gasteiger partial charge in [0.05, 0.1) is 17.1 Å². The zero-order valence-corrected chi connectivity index (χ0v) is 13.2. The molecule has 1 aromatic heterocycles. The van der Waals surface area contributed by atoms with Gasteiger partial charge in [-0.25, -0.2) is 4.98 Å². The van der Waals surface area contributed by atoms with Crippen molar-refractivity contribution >= 4 is 16.9 Å². The molecule has 118 valence electrons. The number of carbonyl (C=O) groups excluding carboxylic acids is 1. The maximum atomic E-state index is 12.5. The molecule has 0 saturated heterocycles. The number of aromatic nitrogens is 2. The summed E-state index contributed by atoms with van der Waals surface area (Å²) >= 11 is 0. The Balaban J connectivity index is 1.77. The molecule has 1 fully saturated rings. The van der Waals surface area contributed by atoms with Crippen molar-refractivity contribution in [3.63, 3.8) is 0 Å². The number of benzene rings is 1. The third-order valence-electron chi connectivity index (χ3n) is 4.87. The number of amides is 1. The summed E-state index contributed by atoms with van der Waals surface area (Å²) in [6.45, 7) is 2.59. The first-order chi connectivity index (χ1) is 10.6. The quantitative estimate of drug-likeness (QED) is 0.908. The van der Waals surface area contributed by atoms with E-state index in [-0.39, 0.29) is 17.9 Å². The lowest BCUT2D eigenvalue weighted by atomic mass is 9.95. The summed E-state index contributed by atoms with van der Waals surface area (Å²) in [7, 11) is 1.99. The highest BCUT2D eigenvalue weighted by molar-refractivity contribution is 5.80. The monoisotopic (exact) mass is 300 g/mol. The van der Waals surface area contributed by atoms with Gasteiger partial charge in [-0.05, 0) is 44.4 Å². The molecular formula is C17H24N4O. The number of nitrogens with one attached hydrogen (secondary N) is 1. The molecule has 1 unspecified atom stereocenters. The van der Waals surface area contributed by atoms with E-state index < -0.39 is 0 Å². The standard InChI is InChI=1S/C17H24N4O/c1-11(19-17(22)13-7-5-6-12(13)10-18)16-20-14-8-3-4-9-15(14)21(16)2/h3-4,8-9,11-13H,5-7,10,18H2,1-2H3,(H,19,22)/t11?,12-,13-/m1/s1. The Morgan fingerprint density at radius 3 is 2.95 bits per heavy atom. The van der Waals surface area contributed by atoms with E-state index in [4.69, 9.17) is 5.73 Å². The summed E-state index contributed by atoms with van der Waals surface area (Å²) in [4.78, 5) is 17.2. The maximum Gasteiger partial charge on any atom is 0.224 e. The molecule has 2 aromatic rings. The van der Waals surface area contributed by atoms with Gasteiger partial charge in [-0.15, -0.1) is 0 Å². The Bertz CT molecular complexity index is 678. The van der Waals surface area contributed by atoms with Crippen LogP contribution in [0.25, 0.3) is 11.0 Å². The molecule has 1 saturated carbocycles. The molecule has 0 radical (unpaired) electrons. The predicted molar refractivity (Wildman–Crippen MR) is 87.2 cm³/mol. The Hall–Kier alpha value is -1.88. The number of nitrogens with zero attached hydrogens (tertiary/aromatic N) is 2. The lowest BCUT2D eigenvalue weighted by molar-refractivity contribution is -0.126. The van der Waals surface area contributed by atoms with Gasteiger partial charge in [-0.2, -0.15) is 0 Å². The maximum absolute atomic E-state index is 12.5. The summed E-state index contributed by atoms with van der Waals surface area (Å²) < 4.78 is 2.05. The second-order valence-electron chi connectivity index (χ2n) is 6.28. The van der Waals surface area contributed by atoms with Crippen molar-refractivity contribution in [1.82, 2.24) is 14.9 Å². The van der Waals surface area contributed by atoms with Crippen LogP contribution < -0.4 is 11.1 Å². The Morgan fingerprint density at radius 2 is 2.23 bits per heavy atom. The molecule has 1 aliphatic carbocycles. The second-order valence-corrected chi connectivity index (χ2v) is 6.28. The van der Waals surface area contributed by atoms with Crippen molar-refractivity contribution in [1.29, 1.82) is 0 Å². The van der Waals surface area contributed by atoms with Crippen molar-refractivity contribution in [3.05, 3.63) is 30.1 Å². The lowest BCUT2D eigenvalue weighted by Gasteiger charge is -2.20. The minimum absolute atomic E-state index is 0.0575. The number of carbonyl (C=O) groups is 1. The van der Waals surface area contributed by atoms with E-state index >= 15 is 0 Å². The van der Waals surface area contributed by atoms with Gasteiger partial charge in [0.2, 0.25) is 5.91 Å². The summed E-state index contributed by atoms with van der Waals surface area (Å²) in [6.07, 6.45) is 3.11. The highest BCUT2D eigenvalue weighted by atomic mass is 16.2. The van der Waals surface area contributed by atoms with Crippen LogP contribution in [0.1, 0.15) is 38.1 Å². The Morgan fingerprint density at radius 1 is 1.45 bits per heavy atom. The van der Waals surface area contributed by atoms with Crippen molar-refractivity contribution in [2.45, 2.75) is 32.2 Å². The summed E-state index contributed by atoms with van der Waals surface area (Å²) in [5.41, 5.74) is 7.83. The molecule has 0 bridgehead atoms. The zero-order valence-electron chi connectivity index (χ0n) is 13.2. The molecular weight excluding hydrogens is 276 g/mol. The van der Waals surface area contributed by atoms with Gasteiger partial charge in [0.25, 0.3) is 0 Å². The molecule has 3 N–H and O–H groups in total. The fourth-order valence-corrected chi connectivity index (χ4v) is 3.60. The van der Waals surface area contributed by atoms with Crippen molar-refractivity contribution in [2.75, 3.05) is 6.54 Å². The third kappa shape index (κ3) is 2.61. The molecule has 1 aromatic carbocycles. The number of nitrogens with two attached hydrogens (primary N) is 1. The van der Waals surface area contributed by atoms with E-state index in [2.05, 4.69) is 14.9 Å². The van der Waals surface area contributed by atoms with Crippen LogP contribution in [-0.4, -0.2) is 22.0 Å². The SMILES string of the molecule is CC(NC(=O)[C@@H]1CCC[C@@H]1CN)c1nc2ccccc2n1C. The fourth-order valence-electron chi connectivity index (χ4n) is 3.60. The topological polar surface area (TPSA) is 72.9 Å². The van der Waals surface area contributed by atoms with Crippen LogP contribution in [0, 0.1) is 11.8 Å². The zero-order chi connectivity index (χ0) is 15.7. The van der Waals surface area contributed by atoms with E-state index in [1.165, 1.54) is 0 Å². The minimum atomic E-state index is -0.107. The largest absolute Gasteiger partial charge is 0.346 e. The Kier molecular flexibility index (Phi) is 4.16. The molecule has 1 aliphatic rings. The van der Waals surface area contributed by atoms with E-state index in [1.807, 2.05) is 38.2 Å². The predicted octanol–water partition coefficient (Wildman–Crippen LogP) is 2.13. The molecule has 5 nitrogen and oxygen atoms in total. The van der Waals surface area contributed by atoms with Crippen LogP contribution in [0.3, 0.4) is 0 Å². The van der Waals surface area contributed by atoms with E-state index in [0.29, 0.717) is 12.5 Å². The van der Waals surface area contributed by atoms with Gasteiger partial charge in [0.1, 0.15) is 5.82 Å². The van der Waals surface area contributed by atoms with Gasteiger partial charge in [0, 0.05) is 13.0 Å². The molecule has 22 heavy (non-hydrogen) atoms. The van der Waals surface area contributed by atoms with E-state index in [9.17, 15) is 4.79 Å².